The molecule has 1 aliphatic rings. The lowest BCUT2D eigenvalue weighted by Crippen LogP contribution is -2.02. The number of nitrogens with two attached hydrogens (primary N) is 2. The first-order valence-corrected chi connectivity index (χ1v) is 7.28. The van der Waals surface area contributed by atoms with Crippen LogP contribution in [0.25, 0.3) is 22.2 Å². The molecular formula is C17H17N3O. The molecule has 1 aromatic carbocycles. The highest BCUT2D eigenvalue weighted by atomic mass is 16.3. The van der Waals surface area contributed by atoms with E-state index in [4.69, 9.17) is 15.9 Å². The number of aryl methyl sites for hydroxylation is 2. The predicted octanol–water partition coefficient (Wildman–Crippen LogP) is 3.54. The smallest absolute Gasteiger partial charge is 0.214 e. The molecule has 0 atom stereocenters. The topological polar surface area (TPSA) is 78.1 Å². The van der Waals surface area contributed by atoms with Crippen LogP contribution in [0.4, 0.5) is 11.6 Å². The van der Waals surface area contributed by atoms with Crippen LogP contribution in [-0.2, 0) is 12.8 Å². The Morgan fingerprint density at radius 1 is 1.00 bits per heavy atom. The first-order valence-electron chi connectivity index (χ1n) is 7.28. The third kappa shape index (κ3) is 1.87. The van der Waals surface area contributed by atoms with Gasteiger partial charge in [0.25, 0.3) is 0 Å². The Morgan fingerprint density at radius 3 is 2.67 bits per heavy atom. The number of furan rings is 1. The molecule has 0 fully saturated rings. The van der Waals surface area contributed by atoms with Crippen molar-refractivity contribution in [1.82, 2.24) is 4.98 Å². The molecule has 0 spiro atoms. The maximum absolute atomic E-state index is 5.95. The van der Waals surface area contributed by atoms with Gasteiger partial charge in [0.1, 0.15) is 11.4 Å². The highest BCUT2D eigenvalue weighted by Gasteiger charge is 2.16. The van der Waals surface area contributed by atoms with Crippen LogP contribution in [0.3, 0.4) is 0 Å². The molecule has 2 heterocycles. The molecule has 0 amide bonds. The maximum atomic E-state index is 5.95. The first kappa shape index (κ1) is 12.3. The summed E-state index contributed by atoms with van der Waals surface area (Å²) in [5.74, 6) is 0.261. The summed E-state index contributed by atoms with van der Waals surface area (Å²) in [6.45, 7) is 0. The second kappa shape index (κ2) is 4.52. The van der Waals surface area contributed by atoms with Crippen LogP contribution in [0.5, 0.6) is 0 Å². The van der Waals surface area contributed by atoms with Gasteiger partial charge in [0.15, 0.2) is 5.58 Å². The largest absolute Gasteiger partial charge is 0.436 e. The maximum Gasteiger partial charge on any atom is 0.214 e. The summed E-state index contributed by atoms with van der Waals surface area (Å²) in [6.07, 6.45) is 6.61. The Hall–Kier alpha value is -2.49. The minimum atomic E-state index is 0.261. The summed E-state index contributed by atoms with van der Waals surface area (Å²) >= 11 is 0. The van der Waals surface area contributed by atoms with Gasteiger partial charge in [-0.05, 0) is 48.9 Å². The second-order valence-corrected chi connectivity index (χ2v) is 5.61. The number of fused-ring (bicyclic) bond motifs is 2. The minimum absolute atomic E-state index is 0.261. The summed E-state index contributed by atoms with van der Waals surface area (Å²) in [6, 6.07) is 8.39. The lowest BCUT2D eigenvalue weighted by Gasteiger charge is -2.16. The first-order chi connectivity index (χ1) is 10.2. The van der Waals surface area contributed by atoms with Gasteiger partial charge < -0.3 is 15.9 Å². The van der Waals surface area contributed by atoms with E-state index in [1.54, 1.807) is 6.20 Å². The van der Waals surface area contributed by atoms with Crippen LogP contribution in [-0.4, -0.2) is 4.98 Å². The van der Waals surface area contributed by atoms with Crippen molar-refractivity contribution in [3.8, 4) is 11.3 Å². The molecule has 4 N–H and O–H groups in total. The van der Waals surface area contributed by atoms with Gasteiger partial charge in [0.2, 0.25) is 5.88 Å². The fourth-order valence-corrected chi connectivity index (χ4v) is 3.15. The molecule has 4 nitrogen and oxygen atoms in total. The van der Waals surface area contributed by atoms with E-state index < -0.39 is 0 Å². The van der Waals surface area contributed by atoms with E-state index in [0.29, 0.717) is 11.3 Å². The number of pyridine rings is 1. The Balaban J connectivity index is 1.92. The summed E-state index contributed by atoms with van der Waals surface area (Å²) < 4.78 is 5.62. The SMILES string of the molecule is Nc1oc2c(-c3ccc4c(c3)CCCC4)nccc2c1N. The molecule has 4 heteroatoms. The molecule has 0 bridgehead atoms. The molecule has 1 aliphatic carbocycles. The molecule has 21 heavy (non-hydrogen) atoms. The Labute approximate surface area is 122 Å². The van der Waals surface area contributed by atoms with Crippen molar-refractivity contribution in [3.05, 3.63) is 41.6 Å². The van der Waals surface area contributed by atoms with Crippen LogP contribution in [0.15, 0.2) is 34.9 Å². The van der Waals surface area contributed by atoms with Crippen molar-refractivity contribution in [1.29, 1.82) is 0 Å². The molecule has 3 aromatic rings. The van der Waals surface area contributed by atoms with Gasteiger partial charge in [-0.1, -0.05) is 12.1 Å². The zero-order valence-electron chi connectivity index (χ0n) is 11.7. The van der Waals surface area contributed by atoms with E-state index in [0.717, 1.165) is 23.1 Å². The van der Waals surface area contributed by atoms with Crippen molar-refractivity contribution in [2.75, 3.05) is 11.5 Å². The highest BCUT2D eigenvalue weighted by molar-refractivity contribution is 6.01. The van der Waals surface area contributed by atoms with Crippen LogP contribution in [0, 0.1) is 0 Å². The van der Waals surface area contributed by atoms with Gasteiger partial charge in [-0.3, -0.25) is 4.98 Å². The third-order valence-electron chi connectivity index (χ3n) is 4.29. The predicted molar refractivity (Wildman–Crippen MR) is 84.9 cm³/mol. The van der Waals surface area contributed by atoms with Gasteiger partial charge in [0, 0.05) is 17.1 Å². The number of aromatic nitrogens is 1. The van der Waals surface area contributed by atoms with E-state index in [9.17, 15) is 0 Å². The number of nitrogens with zero attached hydrogens (tertiary/aromatic N) is 1. The fourth-order valence-electron chi connectivity index (χ4n) is 3.15. The summed E-state index contributed by atoms with van der Waals surface area (Å²) in [5.41, 5.74) is 17.7. The average molecular weight is 279 g/mol. The van der Waals surface area contributed by atoms with E-state index in [2.05, 4.69) is 23.2 Å². The van der Waals surface area contributed by atoms with E-state index >= 15 is 0 Å². The standard InChI is InChI=1S/C17H17N3O/c18-14-13-7-8-20-15(16(13)21-17(14)19)12-6-5-10-3-1-2-4-11(10)9-12/h5-9H,1-4,18-19H2. The number of rotatable bonds is 1. The van der Waals surface area contributed by atoms with Gasteiger partial charge >= 0.3 is 0 Å². The zero-order valence-corrected chi connectivity index (χ0v) is 11.7. The molecule has 0 saturated carbocycles. The Morgan fingerprint density at radius 2 is 1.81 bits per heavy atom. The van der Waals surface area contributed by atoms with Gasteiger partial charge in [-0.15, -0.1) is 0 Å². The lowest BCUT2D eigenvalue weighted by molar-refractivity contribution is 0.638. The van der Waals surface area contributed by atoms with Crippen LogP contribution in [0.1, 0.15) is 24.0 Å². The number of benzene rings is 1. The molecule has 0 unspecified atom stereocenters. The summed E-state index contributed by atoms with van der Waals surface area (Å²) in [4.78, 5) is 4.48. The third-order valence-corrected chi connectivity index (χ3v) is 4.29. The van der Waals surface area contributed by atoms with E-state index in [-0.39, 0.29) is 5.88 Å². The van der Waals surface area contributed by atoms with Gasteiger partial charge in [-0.2, -0.15) is 0 Å². The summed E-state index contributed by atoms with van der Waals surface area (Å²) in [7, 11) is 0. The second-order valence-electron chi connectivity index (χ2n) is 5.61. The molecule has 0 radical (unpaired) electrons. The van der Waals surface area contributed by atoms with Crippen LogP contribution >= 0.6 is 0 Å². The molecular weight excluding hydrogens is 262 g/mol. The fraction of sp³-hybridized carbons (Fsp3) is 0.235. The Bertz CT molecular complexity index is 835. The normalized spacial score (nSPS) is 14.3. The quantitative estimate of drug-likeness (QED) is 0.714. The van der Waals surface area contributed by atoms with Crippen molar-refractivity contribution < 1.29 is 4.42 Å². The monoisotopic (exact) mass is 279 g/mol. The van der Waals surface area contributed by atoms with Crippen molar-refractivity contribution in [2.24, 2.45) is 0 Å². The average Bonchev–Trinajstić information content (AvgIpc) is 2.82. The number of anilines is 2. The van der Waals surface area contributed by atoms with Gasteiger partial charge in [0.05, 0.1) is 0 Å². The molecule has 106 valence electrons. The molecule has 4 rings (SSSR count). The number of hydrogen-bond acceptors (Lipinski definition) is 4. The van der Waals surface area contributed by atoms with E-state index in [1.807, 2.05) is 6.07 Å². The molecule has 0 saturated heterocycles. The van der Waals surface area contributed by atoms with Crippen molar-refractivity contribution >= 4 is 22.5 Å². The van der Waals surface area contributed by atoms with Crippen LogP contribution < -0.4 is 11.5 Å². The molecule has 0 aliphatic heterocycles. The zero-order chi connectivity index (χ0) is 14.4. The van der Waals surface area contributed by atoms with Gasteiger partial charge in [-0.25, -0.2) is 0 Å². The molecule has 2 aromatic heterocycles. The number of nitrogen functional groups attached to an aromatic ring is 2. The van der Waals surface area contributed by atoms with E-state index in [1.165, 1.54) is 30.4 Å². The number of hydrogen-bond donors (Lipinski definition) is 2. The highest BCUT2D eigenvalue weighted by Crippen LogP contribution is 2.36. The Kier molecular flexibility index (Phi) is 2.64. The van der Waals surface area contributed by atoms with Crippen molar-refractivity contribution in [2.45, 2.75) is 25.7 Å². The van der Waals surface area contributed by atoms with Crippen LogP contribution in [0.2, 0.25) is 0 Å². The lowest BCUT2D eigenvalue weighted by atomic mass is 9.90. The van der Waals surface area contributed by atoms with Crippen molar-refractivity contribution in [3.63, 3.8) is 0 Å². The summed E-state index contributed by atoms with van der Waals surface area (Å²) in [5, 5.41) is 0.829. The minimum Gasteiger partial charge on any atom is -0.436 e.